The van der Waals surface area contributed by atoms with Gasteiger partial charge in [-0.05, 0) is 0 Å². The first-order valence-corrected chi connectivity index (χ1v) is 17.1. The number of nitrogens with zero attached hydrogens (tertiary/aromatic N) is 5. The Morgan fingerprint density at radius 1 is 1.04 bits per heavy atom. The van der Waals surface area contributed by atoms with Crippen LogP contribution in [0.1, 0.15) is 0 Å². The Morgan fingerprint density at radius 3 is 2.26 bits per heavy atom. The molecule has 0 saturated carbocycles. The largest absolute Gasteiger partial charge is 0.490 e. The number of quaternary nitrogens is 1. The molecule has 12 N–H and O–H groups in total. The molecule has 2 fully saturated rings. The number of aromatic nitrogens is 2. The summed E-state index contributed by atoms with van der Waals surface area (Å²) in [6, 6.07) is -1.56. The van der Waals surface area contributed by atoms with E-state index in [1.54, 1.807) is 0 Å². The van der Waals surface area contributed by atoms with Gasteiger partial charge in [-0.3, -0.25) is 14.4 Å². The summed E-state index contributed by atoms with van der Waals surface area (Å²) in [4.78, 5) is 62.4. The van der Waals surface area contributed by atoms with Gasteiger partial charge in [-0.15, -0.1) is 0 Å². The molecule has 1 aromatic rings. The zero-order chi connectivity index (χ0) is 34.5. The molecule has 3 aliphatic rings. The van der Waals surface area contributed by atoms with Crippen LogP contribution in [0.15, 0.2) is 11.3 Å². The van der Waals surface area contributed by atoms with Crippen LogP contribution in [0.3, 0.4) is 0 Å². The summed E-state index contributed by atoms with van der Waals surface area (Å²) in [6.45, 7) is -5.36. The Bertz CT molecular complexity index is 1500. The molecule has 1 aromatic heterocycles. The van der Waals surface area contributed by atoms with Crippen molar-refractivity contribution in [2.24, 2.45) is 4.99 Å². The van der Waals surface area contributed by atoms with Crippen LogP contribution in [-0.2, 0) is 41.1 Å². The lowest BCUT2D eigenvalue weighted by Gasteiger charge is -2.53. The molecule has 0 aromatic carbocycles. The third-order valence-corrected chi connectivity index (χ3v) is 10.9. The van der Waals surface area contributed by atoms with E-state index in [4.69, 9.17) is 29.5 Å². The van der Waals surface area contributed by atoms with Crippen molar-refractivity contribution < 1.29 is 91.3 Å². The summed E-state index contributed by atoms with van der Waals surface area (Å²) in [7, 11) is -18.0. The Labute approximate surface area is 256 Å². The van der Waals surface area contributed by atoms with Gasteiger partial charge in [-0.25, -0.2) is 23.2 Å². The van der Waals surface area contributed by atoms with Crippen LogP contribution in [0.5, 0.6) is 0 Å². The van der Waals surface area contributed by atoms with Gasteiger partial charge in [-0.2, -0.15) is 23.1 Å². The summed E-state index contributed by atoms with van der Waals surface area (Å²) in [5, 5.41) is 62.0. The number of morpholine rings is 1. The molecule has 28 heteroatoms. The molecular formula is C18H30N6O19P3+. The molecule has 4 heterocycles. The fraction of sp³-hybridized carbons (Fsp3) is 0.667. The van der Waals surface area contributed by atoms with Gasteiger partial charge in [0.15, 0.2) is 17.6 Å². The molecule has 0 bridgehead atoms. The second-order valence-corrected chi connectivity index (χ2v) is 14.4. The number of aliphatic imine (C=N–C) groups is 1. The maximum Gasteiger partial charge on any atom is 0.490 e. The number of anilines is 1. The highest BCUT2D eigenvalue weighted by Gasteiger charge is 2.67. The topological polar surface area (TPSA) is 384 Å². The van der Waals surface area contributed by atoms with Gasteiger partial charge in [0.05, 0.1) is 32.9 Å². The molecule has 4 rings (SSSR count). The zero-order valence-corrected chi connectivity index (χ0v) is 25.6. The molecule has 0 amide bonds. The van der Waals surface area contributed by atoms with Gasteiger partial charge in [0, 0.05) is 0 Å². The number of nitrogens with two attached hydrogens (primary N) is 1. The zero-order valence-electron chi connectivity index (χ0n) is 23.0. The first-order valence-electron chi connectivity index (χ1n) is 12.6. The number of carboxylic acids is 1. The summed E-state index contributed by atoms with van der Waals surface area (Å²) in [6.07, 6.45) is -7.04. The Kier molecular flexibility index (Phi) is 10.6. The fourth-order valence-corrected chi connectivity index (χ4v) is 8.51. The monoisotopic (exact) mass is 727 g/mol. The van der Waals surface area contributed by atoms with Crippen molar-refractivity contribution in [2.45, 2.75) is 42.6 Å². The third-order valence-electron chi connectivity index (χ3n) is 6.98. The number of aliphatic carboxylic acids is 1. The molecule has 0 radical (unpaired) electrons. The Balaban J connectivity index is 1.88. The predicted molar refractivity (Wildman–Crippen MR) is 144 cm³/mol. The van der Waals surface area contributed by atoms with E-state index in [1.807, 2.05) is 0 Å². The maximum absolute atomic E-state index is 12.9. The lowest BCUT2D eigenvalue weighted by atomic mass is 10.0. The van der Waals surface area contributed by atoms with E-state index in [0.717, 1.165) is 17.6 Å². The third kappa shape index (κ3) is 7.23. The van der Waals surface area contributed by atoms with Crippen LogP contribution in [0.25, 0.3) is 0 Å². The lowest BCUT2D eigenvalue weighted by molar-refractivity contribution is -0.317. The normalized spacial score (nSPS) is 35.8. The van der Waals surface area contributed by atoms with Crippen LogP contribution in [0.4, 0.5) is 17.3 Å². The molecule has 260 valence electrons. The van der Waals surface area contributed by atoms with Crippen LogP contribution in [0, 0.1) is 0 Å². The number of fused-ring (bicyclic) bond motifs is 1. The number of phosphoric acid groups is 3. The van der Waals surface area contributed by atoms with E-state index < -0.39 is 109 Å². The Morgan fingerprint density at radius 2 is 1.72 bits per heavy atom. The van der Waals surface area contributed by atoms with E-state index in [9.17, 15) is 58.9 Å². The molecule has 25 nitrogen and oxygen atoms in total. The highest BCUT2D eigenvalue weighted by atomic mass is 31.3. The first kappa shape index (κ1) is 36.9. The number of ether oxygens (including phenoxy) is 2. The van der Waals surface area contributed by atoms with Gasteiger partial charge in [0.25, 0.3) is 5.82 Å². The number of hydrogen-bond donors (Lipinski definition) is 11. The van der Waals surface area contributed by atoms with Gasteiger partial charge in [-0.1, -0.05) is 0 Å². The molecule has 2 saturated heterocycles. The average molecular weight is 727 g/mol. The van der Waals surface area contributed by atoms with Crippen LogP contribution in [0.2, 0.25) is 0 Å². The van der Waals surface area contributed by atoms with Gasteiger partial charge < -0.3 is 60.7 Å². The minimum absolute atomic E-state index is 0.182. The average Bonchev–Trinajstić information content (AvgIpc) is 3.44. The molecular weight excluding hydrogens is 697 g/mol. The summed E-state index contributed by atoms with van der Waals surface area (Å²) in [5.74, 6) is -5.08. The van der Waals surface area contributed by atoms with Crippen molar-refractivity contribution in [1.82, 2.24) is 19.4 Å². The van der Waals surface area contributed by atoms with Gasteiger partial charge in [0.2, 0.25) is 24.6 Å². The van der Waals surface area contributed by atoms with E-state index in [2.05, 4.69) is 23.6 Å². The first-order chi connectivity index (χ1) is 21.2. The SMILES string of the molecule is Nc1ncnc2c1N=C[N+]2(C1OC(CO)(OP(=O)(O)OP(=O)(O)OP(=O)(O)O)CN(CC(=O)O)C1CO)[C@@H]1O[C@H](CO)[C@@H](O)[C@H]1O. The summed E-state index contributed by atoms with van der Waals surface area (Å²) in [5.41, 5.74) is 5.77. The van der Waals surface area contributed by atoms with Crippen molar-refractivity contribution >= 4 is 53.1 Å². The lowest BCUT2D eigenvalue weighted by Crippen LogP contribution is -2.77. The molecule has 0 spiro atoms. The highest BCUT2D eigenvalue weighted by Crippen LogP contribution is 2.67. The van der Waals surface area contributed by atoms with Crippen LogP contribution < -0.4 is 10.2 Å². The molecule has 46 heavy (non-hydrogen) atoms. The molecule has 10 atom stereocenters. The highest BCUT2D eigenvalue weighted by molar-refractivity contribution is 7.66. The van der Waals surface area contributed by atoms with E-state index in [-0.39, 0.29) is 17.3 Å². The standard InChI is InChI=1S/C18H29N6O19P3/c19-14-11-15(21-6-20-14)24(7-22-11,17-13(31)12(30)9(3-26)39-17)16-8(2-25)23(1-10(28)29)4-18(5-27,40-16)41-45(35,36)43-46(37,38)42-44(32,33)34/h6-9,12-13,16-17,25-27,30-31H,1-5H2,(H6-,19,20,21,28,29,32,33,34,35,36,37,38)/p+1/t8?,9-,12-,13-,16?,17-,18?,24?/m1/s1. The van der Waals surface area contributed by atoms with Crippen molar-refractivity contribution in [2.75, 3.05) is 38.6 Å². The van der Waals surface area contributed by atoms with E-state index in [0.29, 0.717) is 0 Å². The molecule has 6 unspecified atom stereocenters. The van der Waals surface area contributed by atoms with Crippen molar-refractivity contribution in [3.05, 3.63) is 6.33 Å². The quantitative estimate of drug-likeness (QED) is 0.0675. The van der Waals surface area contributed by atoms with Crippen molar-refractivity contribution in [3.8, 4) is 0 Å². The number of nitrogen functional groups attached to an aromatic ring is 1. The fourth-order valence-electron chi connectivity index (χ4n) is 5.29. The number of carboxylic acid groups (broad SMARTS) is 1. The number of aliphatic hydroxyl groups is 5. The summed E-state index contributed by atoms with van der Waals surface area (Å²) < 4.78 is 58.7. The number of phosphoric ester groups is 1. The second kappa shape index (κ2) is 13.2. The van der Waals surface area contributed by atoms with Gasteiger partial charge >= 0.3 is 29.4 Å². The van der Waals surface area contributed by atoms with E-state index in [1.165, 1.54) is 0 Å². The minimum Gasteiger partial charge on any atom is -0.480 e. The van der Waals surface area contributed by atoms with Crippen LogP contribution >= 0.6 is 23.5 Å². The smallest absolute Gasteiger partial charge is 0.480 e. The van der Waals surface area contributed by atoms with Crippen molar-refractivity contribution in [3.63, 3.8) is 0 Å². The predicted octanol–water partition coefficient (Wildman–Crippen LogP) is -4.39. The number of hydrogen-bond acceptors (Lipinski definition) is 19. The van der Waals surface area contributed by atoms with Gasteiger partial charge in [0.1, 0.15) is 24.6 Å². The van der Waals surface area contributed by atoms with Crippen molar-refractivity contribution in [1.29, 1.82) is 0 Å². The number of aliphatic hydroxyl groups excluding tert-OH is 5. The second-order valence-electron chi connectivity index (χ2n) is 10.0. The minimum atomic E-state index is -6.10. The molecule has 3 aliphatic heterocycles. The number of carbonyl (C=O) groups is 1. The Hall–Kier alpha value is -1.93. The van der Waals surface area contributed by atoms with E-state index >= 15 is 0 Å². The van der Waals surface area contributed by atoms with Crippen LogP contribution in [-0.4, -0.2) is 153 Å². The maximum atomic E-state index is 12.9. The molecule has 0 aliphatic carbocycles. The number of rotatable bonds is 13. The summed E-state index contributed by atoms with van der Waals surface area (Å²) >= 11 is 0.